The van der Waals surface area contributed by atoms with Gasteiger partial charge in [0.15, 0.2) is 0 Å². The average molecular weight is 241 g/mol. The molecule has 0 saturated heterocycles. The molecule has 13 heavy (non-hydrogen) atoms. The smallest absolute Gasteiger partial charge is 0.137 e. The lowest BCUT2D eigenvalue weighted by Crippen LogP contribution is -2.06. The fourth-order valence-electron chi connectivity index (χ4n) is 0.919. The van der Waals surface area contributed by atoms with Gasteiger partial charge in [-0.15, -0.1) is 23.2 Å². The van der Waals surface area contributed by atoms with Crippen LogP contribution in [0.4, 0.5) is 5.69 Å². The third kappa shape index (κ3) is 2.64. The summed E-state index contributed by atoms with van der Waals surface area (Å²) in [4.78, 5) is -0.902. The normalized spacial score (nSPS) is 13.3. The maximum atomic E-state index is 9.48. The lowest BCUT2D eigenvalue weighted by atomic mass is 10.1. The lowest BCUT2D eigenvalue weighted by molar-refractivity contribution is 0.193. The molecule has 3 N–H and O–H groups in total. The predicted molar refractivity (Wildman–Crippen MR) is 56.3 cm³/mol. The molecule has 0 unspecified atom stereocenters. The second-order valence-corrected chi connectivity index (χ2v) is 4.13. The zero-order chi connectivity index (χ0) is 10.0. The van der Waals surface area contributed by atoms with E-state index >= 15 is 0 Å². The minimum absolute atomic E-state index is 0.360. The van der Waals surface area contributed by atoms with Crippen LogP contribution in [-0.4, -0.2) is 9.94 Å². The zero-order valence-corrected chi connectivity index (χ0v) is 8.81. The molecular formula is C8H8Cl3NO. The molecule has 1 aromatic carbocycles. The second kappa shape index (κ2) is 4.38. The van der Waals surface area contributed by atoms with E-state index in [2.05, 4.69) is 0 Å². The maximum absolute atomic E-state index is 9.48. The van der Waals surface area contributed by atoms with Crippen LogP contribution in [0.2, 0.25) is 5.02 Å². The van der Waals surface area contributed by atoms with Crippen molar-refractivity contribution in [1.82, 2.24) is 0 Å². The minimum atomic E-state index is -0.989. The van der Waals surface area contributed by atoms with Crippen molar-refractivity contribution >= 4 is 40.5 Å². The molecule has 1 rings (SSSR count). The molecule has 0 radical (unpaired) electrons. The van der Waals surface area contributed by atoms with Crippen LogP contribution >= 0.6 is 34.8 Å². The molecule has 0 aliphatic heterocycles. The first-order valence-corrected chi connectivity index (χ1v) is 4.78. The Kier molecular flexibility index (Phi) is 3.68. The Labute approximate surface area is 91.2 Å². The monoisotopic (exact) mass is 239 g/mol. The van der Waals surface area contributed by atoms with Gasteiger partial charge in [0, 0.05) is 16.3 Å². The zero-order valence-electron chi connectivity index (χ0n) is 6.55. The summed E-state index contributed by atoms with van der Waals surface area (Å²) in [5.74, 6) is 0. The first-order chi connectivity index (χ1) is 6.02. The number of aliphatic hydroxyl groups is 1. The summed E-state index contributed by atoms with van der Waals surface area (Å²) in [6.45, 7) is 0. The van der Waals surface area contributed by atoms with Gasteiger partial charge in [0.25, 0.3) is 0 Å². The summed E-state index contributed by atoms with van der Waals surface area (Å²) >= 11 is 16.8. The molecule has 0 amide bonds. The van der Waals surface area contributed by atoms with Crippen molar-refractivity contribution in [3.63, 3.8) is 0 Å². The Balaban J connectivity index is 3.01. The number of anilines is 1. The number of aliphatic hydroxyl groups excluding tert-OH is 1. The van der Waals surface area contributed by atoms with Gasteiger partial charge in [-0.3, -0.25) is 0 Å². The van der Waals surface area contributed by atoms with Crippen LogP contribution in [0.25, 0.3) is 0 Å². The van der Waals surface area contributed by atoms with Crippen molar-refractivity contribution in [2.75, 3.05) is 5.73 Å². The molecule has 0 heterocycles. The molecule has 0 saturated carbocycles. The van der Waals surface area contributed by atoms with Gasteiger partial charge in [-0.1, -0.05) is 17.7 Å². The van der Waals surface area contributed by atoms with Crippen LogP contribution in [-0.2, 0) is 0 Å². The molecule has 1 aromatic rings. The molecule has 1 atom stereocenters. The highest BCUT2D eigenvalue weighted by atomic mass is 35.5. The van der Waals surface area contributed by atoms with Gasteiger partial charge in [-0.05, 0) is 12.1 Å². The van der Waals surface area contributed by atoms with Gasteiger partial charge in [-0.25, -0.2) is 0 Å². The molecule has 5 heteroatoms. The lowest BCUT2D eigenvalue weighted by Gasteiger charge is -2.13. The Morgan fingerprint density at radius 3 is 2.38 bits per heavy atom. The number of nitrogens with two attached hydrogens (primary N) is 1. The SMILES string of the molecule is Nc1ccc([C@H](O)C(Cl)Cl)c(Cl)c1. The van der Waals surface area contributed by atoms with Crippen molar-refractivity contribution in [3.8, 4) is 0 Å². The average Bonchev–Trinajstić information content (AvgIpc) is 2.03. The molecular weight excluding hydrogens is 232 g/mol. The van der Waals surface area contributed by atoms with E-state index in [1.54, 1.807) is 12.1 Å². The van der Waals surface area contributed by atoms with E-state index in [1.807, 2.05) is 0 Å². The Morgan fingerprint density at radius 2 is 1.92 bits per heavy atom. The van der Waals surface area contributed by atoms with Crippen molar-refractivity contribution in [2.45, 2.75) is 10.9 Å². The van der Waals surface area contributed by atoms with Gasteiger partial charge in [0.1, 0.15) is 10.9 Å². The number of hydrogen-bond acceptors (Lipinski definition) is 2. The molecule has 0 spiro atoms. The highest BCUT2D eigenvalue weighted by molar-refractivity contribution is 6.44. The standard InChI is InChI=1S/C8H8Cl3NO/c9-6-3-4(12)1-2-5(6)7(13)8(10)11/h1-3,7-8,13H,12H2/t7-/m0/s1. The van der Waals surface area contributed by atoms with Crippen molar-refractivity contribution in [2.24, 2.45) is 0 Å². The number of halogens is 3. The number of hydrogen-bond donors (Lipinski definition) is 2. The summed E-state index contributed by atoms with van der Waals surface area (Å²) in [5, 5.41) is 9.84. The summed E-state index contributed by atoms with van der Waals surface area (Å²) in [6, 6.07) is 4.76. The fourth-order valence-corrected chi connectivity index (χ4v) is 1.49. The van der Waals surface area contributed by atoms with Gasteiger partial charge in [-0.2, -0.15) is 0 Å². The highest BCUT2D eigenvalue weighted by Crippen LogP contribution is 2.30. The van der Waals surface area contributed by atoms with Crippen LogP contribution in [0.3, 0.4) is 0 Å². The van der Waals surface area contributed by atoms with Gasteiger partial charge in [0.05, 0.1) is 0 Å². The third-order valence-corrected chi connectivity index (χ3v) is 2.39. The summed E-state index contributed by atoms with van der Waals surface area (Å²) < 4.78 is 0. The van der Waals surface area contributed by atoms with E-state index in [0.29, 0.717) is 16.3 Å². The van der Waals surface area contributed by atoms with Crippen molar-refractivity contribution < 1.29 is 5.11 Å². The fraction of sp³-hybridized carbons (Fsp3) is 0.250. The van der Waals surface area contributed by atoms with E-state index in [-0.39, 0.29) is 0 Å². The van der Waals surface area contributed by atoms with E-state index in [1.165, 1.54) is 6.07 Å². The molecule has 0 aromatic heterocycles. The first kappa shape index (κ1) is 10.9. The molecule has 0 fully saturated rings. The summed E-state index contributed by atoms with van der Waals surface area (Å²) in [7, 11) is 0. The molecule has 0 bridgehead atoms. The number of benzene rings is 1. The Hall–Kier alpha value is -0.150. The Bertz CT molecular complexity index is 303. The van der Waals surface area contributed by atoms with E-state index in [0.717, 1.165) is 0 Å². The highest BCUT2D eigenvalue weighted by Gasteiger charge is 2.18. The minimum Gasteiger partial charge on any atom is -0.399 e. The third-order valence-electron chi connectivity index (χ3n) is 1.58. The molecule has 0 aliphatic carbocycles. The van der Waals surface area contributed by atoms with E-state index in [4.69, 9.17) is 40.5 Å². The molecule has 0 aliphatic rings. The second-order valence-electron chi connectivity index (χ2n) is 2.56. The van der Waals surface area contributed by atoms with Crippen LogP contribution in [0, 0.1) is 0 Å². The largest absolute Gasteiger partial charge is 0.399 e. The van der Waals surface area contributed by atoms with Crippen LogP contribution in [0.5, 0.6) is 0 Å². The number of rotatable bonds is 2. The van der Waals surface area contributed by atoms with Gasteiger partial charge >= 0.3 is 0 Å². The molecule has 72 valence electrons. The predicted octanol–water partition coefficient (Wildman–Crippen LogP) is 2.76. The summed E-state index contributed by atoms with van der Waals surface area (Å²) in [6.07, 6.45) is -0.989. The van der Waals surface area contributed by atoms with Crippen LogP contribution < -0.4 is 5.73 Å². The molecule has 2 nitrogen and oxygen atoms in total. The van der Waals surface area contributed by atoms with Crippen molar-refractivity contribution in [3.05, 3.63) is 28.8 Å². The number of alkyl halides is 2. The maximum Gasteiger partial charge on any atom is 0.137 e. The van der Waals surface area contributed by atoms with Crippen LogP contribution in [0.15, 0.2) is 18.2 Å². The van der Waals surface area contributed by atoms with E-state index in [9.17, 15) is 5.11 Å². The van der Waals surface area contributed by atoms with Crippen LogP contribution in [0.1, 0.15) is 11.7 Å². The van der Waals surface area contributed by atoms with Gasteiger partial charge < -0.3 is 10.8 Å². The quantitative estimate of drug-likeness (QED) is 0.617. The summed E-state index contributed by atoms with van der Waals surface area (Å²) in [5.41, 5.74) is 6.48. The Morgan fingerprint density at radius 1 is 1.31 bits per heavy atom. The number of nitrogen functional groups attached to an aromatic ring is 1. The topological polar surface area (TPSA) is 46.2 Å². The van der Waals surface area contributed by atoms with E-state index < -0.39 is 10.9 Å². The van der Waals surface area contributed by atoms with Crippen molar-refractivity contribution in [1.29, 1.82) is 0 Å². The van der Waals surface area contributed by atoms with Gasteiger partial charge in [0.2, 0.25) is 0 Å². The first-order valence-electron chi connectivity index (χ1n) is 3.53.